The van der Waals surface area contributed by atoms with Crippen molar-refractivity contribution in [1.82, 2.24) is 4.90 Å². The first-order valence-electron chi connectivity index (χ1n) is 9.05. The molecule has 0 atom stereocenters. The number of hydrogen-bond donors (Lipinski definition) is 1. The van der Waals surface area contributed by atoms with Gasteiger partial charge < -0.3 is 4.90 Å². The number of nitrogens with one attached hydrogen (secondary N) is 1. The molecule has 1 amide bonds. The average molecular weight is 447 g/mol. The molecule has 0 heterocycles. The van der Waals surface area contributed by atoms with Crippen molar-refractivity contribution in [3.05, 3.63) is 94.3 Å². The normalized spacial score (nSPS) is 11.2. The molecule has 0 saturated carbocycles. The van der Waals surface area contributed by atoms with Crippen molar-refractivity contribution >= 4 is 33.2 Å². The molecule has 0 bridgehead atoms. The van der Waals surface area contributed by atoms with Crippen LogP contribution in [0.5, 0.6) is 0 Å². The van der Waals surface area contributed by atoms with Crippen LogP contribution < -0.4 is 4.72 Å². The Kier molecular flexibility index (Phi) is 6.43. The van der Waals surface area contributed by atoms with Crippen molar-refractivity contribution in [3.8, 4) is 0 Å². The van der Waals surface area contributed by atoms with Crippen LogP contribution in [0.2, 0.25) is 5.02 Å². The molecule has 3 aromatic rings. The Morgan fingerprint density at radius 2 is 1.67 bits per heavy atom. The van der Waals surface area contributed by atoms with Crippen LogP contribution in [0, 0.1) is 12.7 Å². The van der Waals surface area contributed by atoms with E-state index in [0.29, 0.717) is 6.54 Å². The fraction of sp³-hybridized carbons (Fsp3) is 0.136. The minimum absolute atomic E-state index is 0.0653. The number of rotatable bonds is 6. The molecule has 0 aliphatic heterocycles. The van der Waals surface area contributed by atoms with Crippen molar-refractivity contribution in [2.24, 2.45) is 0 Å². The van der Waals surface area contributed by atoms with Crippen LogP contribution in [0.3, 0.4) is 0 Å². The van der Waals surface area contributed by atoms with Gasteiger partial charge in [0.15, 0.2) is 0 Å². The zero-order valence-corrected chi connectivity index (χ0v) is 18.0. The first kappa shape index (κ1) is 21.8. The molecule has 0 aliphatic rings. The molecule has 0 radical (unpaired) electrons. The predicted octanol–water partition coefficient (Wildman–Crippen LogP) is 4.86. The van der Waals surface area contributed by atoms with Gasteiger partial charge in [0.1, 0.15) is 5.82 Å². The van der Waals surface area contributed by atoms with Crippen LogP contribution in [0.15, 0.2) is 71.6 Å². The van der Waals surface area contributed by atoms with Gasteiger partial charge in [-0.3, -0.25) is 9.52 Å². The van der Waals surface area contributed by atoms with Gasteiger partial charge >= 0.3 is 0 Å². The van der Waals surface area contributed by atoms with Crippen LogP contribution >= 0.6 is 11.6 Å². The van der Waals surface area contributed by atoms with Gasteiger partial charge in [-0.1, -0.05) is 41.4 Å². The van der Waals surface area contributed by atoms with Gasteiger partial charge in [-0.05, 0) is 55.0 Å². The number of carbonyl (C=O) groups excluding carboxylic acids is 1. The van der Waals surface area contributed by atoms with Crippen molar-refractivity contribution in [1.29, 1.82) is 0 Å². The Bertz CT molecular complexity index is 1160. The van der Waals surface area contributed by atoms with Gasteiger partial charge in [0.05, 0.1) is 15.6 Å². The van der Waals surface area contributed by atoms with Crippen LogP contribution in [0.4, 0.5) is 10.1 Å². The Morgan fingerprint density at radius 1 is 1.03 bits per heavy atom. The minimum atomic E-state index is -3.99. The van der Waals surface area contributed by atoms with Crippen LogP contribution in [0.25, 0.3) is 0 Å². The summed E-state index contributed by atoms with van der Waals surface area (Å²) in [4.78, 5) is 14.2. The SMILES string of the molecule is Cc1ccc(CN(C)C(=O)c2ccc(Cl)c(NS(=O)(=O)c3ccc(F)cc3)c2)cc1. The molecule has 30 heavy (non-hydrogen) atoms. The third-order valence-corrected chi connectivity index (χ3v) is 6.18. The smallest absolute Gasteiger partial charge is 0.261 e. The zero-order valence-electron chi connectivity index (χ0n) is 16.4. The summed E-state index contributed by atoms with van der Waals surface area (Å²) in [6, 6.07) is 16.6. The lowest BCUT2D eigenvalue weighted by Gasteiger charge is -2.18. The summed E-state index contributed by atoms with van der Waals surface area (Å²) in [7, 11) is -2.33. The first-order chi connectivity index (χ1) is 14.2. The van der Waals surface area contributed by atoms with Gasteiger partial charge in [0, 0.05) is 19.2 Å². The third-order valence-electron chi connectivity index (χ3n) is 4.47. The van der Waals surface area contributed by atoms with Gasteiger partial charge in [-0.2, -0.15) is 0 Å². The largest absolute Gasteiger partial charge is 0.337 e. The van der Waals surface area contributed by atoms with E-state index >= 15 is 0 Å². The molecule has 0 spiro atoms. The minimum Gasteiger partial charge on any atom is -0.337 e. The highest BCUT2D eigenvalue weighted by atomic mass is 35.5. The molecule has 0 aromatic heterocycles. The van der Waals surface area contributed by atoms with Gasteiger partial charge in [0.2, 0.25) is 0 Å². The first-order valence-corrected chi connectivity index (χ1v) is 10.9. The van der Waals surface area contributed by atoms with Crippen molar-refractivity contribution in [2.45, 2.75) is 18.4 Å². The molecule has 5 nitrogen and oxygen atoms in total. The molecule has 0 aliphatic carbocycles. The van der Waals surface area contributed by atoms with E-state index in [4.69, 9.17) is 11.6 Å². The number of sulfonamides is 1. The molecule has 0 fully saturated rings. The second-order valence-electron chi connectivity index (χ2n) is 6.90. The van der Waals surface area contributed by atoms with E-state index in [0.717, 1.165) is 35.4 Å². The summed E-state index contributed by atoms with van der Waals surface area (Å²) in [6.07, 6.45) is 0. The maximum Gasteiger partial charge on any atom is 0.261 e. The molecule has 3 aromatic carbocycles. The van der Waals surface area contributed by atoms with Gasteiger partial charge in [-0.25, -0.2) is 12.8 Å². The summed E-state index contributed by atoms with van der Waals surface area (Å²) in [5.74, 6) is -0.828. The van der Waals surface area contributed by atoms with Crippen molar-refractivity contribution in [2.75, 3.05) is 11.8 Å². The van der Waals surface area contributed by atoms with Gasteiger partial charge in [0.25, 0.3) is 15.9 Å². The lowest BCUT2D eigenvalue weighted by atomic mass is 10.1. The van der Waals surface area contributed by atoms with Crippen LogP contribution in [-0.4, -0.2) is 26.3 Å². The highest BCUT2D eigenvalue weighted by Gasteiger charge is 2.19. The lowest BCUT2D eigenvalue weighted by molar-refractivity contribution is 0.0785. The van der Waals surface area contributed by atoms with E-state index in [1.54, 1.807) is 7.05 Å². The van der Waals surface area contributed by atoms with Crippen molar-refractivity contribution in [3.63, 3.8) is 0 Å². The number of anilines is 1. The Balaban J connectivity index is 1.81. The van der Waals surface area contributed by atoms with Crippen molar-refractivity contribution < 1.29 is 17.6 Å². The number of aryl methyl sites for hydroxylation is 1. The number of halogens is 2. The molecule has 1 N–H and O–H groups in total. The summed E-state index contributed by atoms with van der Waals surface area (Å²) < 4.78 is 40.6. The van der Waals surface area contributed by atoms with Gasteiger partial charge in [-0.15, -0.1) is 0 Å². The topological polar surface area (TPSA) is 66.5 Å². The molecule has 156 valence electrons. The second kappa shape index (κ2) is 8.85. The molecule has 0 unspecified atom stereocenters. The van der Waals surface area contributed by atoms with Crippen LogP contribution in [0.1, 0.15) is 21.5 Å². The average Bonchev–Trinajstić information content (AvgIpc) is 2.71. The maximum atomic E-state index is 13.1. The van der Waals surface area contributed by atoms with E-state index in [9.17, 15) is 17.6 Å². The summed E-state index contributed by atoms with van der Waals surface area (Å²) in [6.45, 7) is 2.39. The number of benzene rings is 3. The Morgan fingerprint density at radius 3 is 2.30 bits per heavy atom. The zero-order chi connectivity index (χ0) is 21.9. The lowest BCUT2D eigenvalue weighted by Crippen LogP contribution is -2.26. The van der Waals surface area contributed by atoms with E-state index in [2.05, 4.69) is 4.72 Å². The van der Waals surface area contributed by atoms with E-state index in [1.807, 2.05) is 31.2 Å². The maximum absolute atomic E-state index is 13.1. The van der Waals surface area contributed by atoms with E-state index in [-0.39, 0.29) is 27.1 Å². The molecular weight excluding hydrogens is 427 g/mol. The Labute approximate surface area is 180 Å². The highest BCUT2D eigenvalue weighted by molar-refractivity contribution is 7.92. The summed E-state index contributed by atoms with van der Waals surface area (Å²) in [5, 5.41) is 0.137. The highest BCUT2D eigenvalue weighted by Crippen LogP contribution is 2.26. The number of amides is 1. The summed E-state index contributed by atoms with van der Waals surface area (Å²) >= 11 is 6.13. The molecule has 0 saturated heterocycles. The fourth-order valence-corrected chi connectivity index (χ4v) is 4.10. The van der Waals surface area contributed by atoms with E-state index in [1.165, 1.54) is 23.1 Å². The van der Waals surface area contributed by atoms with Crippen LogP contribution in [-0.2, 0) is 16.6 Å². The predicted molar refractivity (Wildman–Crippen MR) is 116 cm³/mol. The second-order valence-corrected chi connectivity index (χ2v) is 8.99. The van der Waals surface area contributed by atoms with E-state index < -0.39 is 15.8 Å². The molecule has 3 rings (SSSR count). The quantitative estimate of drug-likeness (QED) is 0.588. The Hall–Kier alpha value is -2.90. The number of hydrogen-bond acceptors (Lipinski definition) is 3. The monoisotopic (exact) mass is 446 g/mol. The molecule has 8 heteroatoms. The fourth-order valence-electron chi connectivity index (χ4n) is 2.81. The number of carbonyl (C=O) groups is 1. The standard InChI is InChI=1S/C22H20ClFN2O3S/c1-15-3-5-16(6-4-15)14-26(2)22(27)17-7-12-20(23)21(13-17)25-30(28,29)19-10-8-18(24)9-11-19/h3-13,25H,14H2,1-2H3. The summed E-state index contributed by atoms with van der Waals surface area (Å²) in [5.41, 5.74) is 2.45. The number of nitrogens with zero attached hydrogens (tertiary/aromatic N) is 1. The third kappa shape index (κ3) is 5.17. The molecular formula is C22H20ClFN2O3S.